The van der Waals surface area contributed by atoms with Crippen LogP contribution in [0, 0.1) is 0 Å². The van der Waals surface area contributed by atoms with Crippen LogP contribution in [0.4, 0.5) is 5.69 Å². The molecule has 0 aliphatic heterocycles. The Hall–Kier alpha value is -2.01. The van der Waals surface area contributed by atoms with Gasteiger partial charge < -0.3 is 5.32 Å². The van der Waals surface area contributed by atoms with Gasteiger partial charge in [-0.2, -0.15) is 0 Å². The third kappa shape index (κ3) is 4.51. The van der Waals surface area contributed by atoms with Gasteiger partial charge >= 0.3 is 0 Å². The molecule has 0 spiro atoms. The van der Waals surface area contributed by atoms with E-state index >= 15 is 0 Å². The van der Waals surface area contributed by atoms with E-state index in [1.165, 1.54) is 19.3 Å². The highest BCUT2D eigenvalue weighted by atomic mass is 32.2. The summed E-state index contributed by atoms with van der Waals surface area (Å²) in [5, 5.41) is 3.21. The number of nitrogens with zero attached hydrogens (tertiary/aromatic N) is 1. The van der Waals surface area contributed by atoms with Crippen LogP contribution >= 0.6 is 0 Å². The van der Waals surface area contributed by atoms with E-state index in [0.717, 1.165) is 24.1 Å². The van der Waals surface area contributed by atoms with Gasteiger partial charge in [0.1, 0.15) is 0 Å². The highest BCUT2D eigenvalue weighted by Gasteiger charge is 2.19. The monoisotopic (exact) mass is 342 g/mol. The third-order valence-electron chi connectivity index (χ3n) is 4.36. The van der Waals surface area contributed by atoms with Gasteiger partial charge in [0.25, 0.3) is 5.91 Å². The van der Waals surface area contributed by atoms with Crippen LogP contribution in [-0.2, 0) is 16.6 Å². The molecule has 1 heterocycles. The molecule has 2 aromatic rings. The Bertz CT molecular complexity index is 712. The molecule has 4 nitrogen and oxygen atoms in total. The normalized spacial score (nSPS) is 16.5. The highest BCUT2D eigenvalue weighted by Crippen LogP contribution is 2.24. The fraction of sp³-hybridized carbons (Fsp3) is 0.368. The van der Waals surface area contributed by atoms with Crippen molar-refractivity contribution in [2.75, 3.05) is 5.32 Å². The Balaban J connectivity index is 1.63. The van der Waals surface area contributed by atoms with Crippen molar-refractivity contribution < 1.29 is 9.00 Å². The maximum Gasteiger partial charge on any atom is 0.255 e. The van der Waals surface area contributed by atoms with Gasteiger partial charge in [-0.1, -0.05) is 31.4 Å². The van der Waals surface area contributed by atoms with Crippen molar-refractivity contribution in [2.24, 2.45) is 0 Å². The summed E-state index contributed by atoms with van der Waals surface area (Å²) in [6.07, 6.45) is 8.99. The molecular formula is C19H22N2O2S. The van der Waals surface area contributed by atoms with Crippen LogP contribution in [-0.4, -0.2) is 20.3 Å². The lowest BCUT2D eigenvalue weighted by atomic mass is 10.0. The van der Waals surface area contributed by atoms with Gasteiger partial charge in [0, 0.05) is 45.4 Å². The lowest BCUT2D eigenvalue weighted by molar-refractivity contribution is 0.102. The summed E-state index contributed by atoms with van der Waals surface area (Å²) in [6.45, 7) is 0. The molecule has 1 amide bonds. The van der Waals surface area contributed by atoms with E-state index in [1.807, 2.05) is 24.3 Å². The number of rotatable bonds is 5. The number of anilines is 1. The molecule has 1 saturated carbocycles. The van der Waals surface area contributed by atoms with Gasteiger partial charge in [0.2, 0.25) is 0 Å². The molecular weight excluding hydrogens is 320 g/mol. The summed E-state index contributed by atoms with van der Waals surface area (Å²) < 4.78 is 12.5. The molecule has 126 valence electrons. The maximum absolute atomic E-state index is 12.5. The average molecular weight is 342 g/mol. The second-order valence-electron chi connectivity index (χ2n) is 6.18. The van der Waals surface area contributed by atoms with Crippen molar-refractivity contribution >= 4 is 22.4 Å². The Kier molecular flexibility index (Phi) is 5.75. The zero-order valence-corrected chi connectivity index (χ0v) is 14.4. The number of aromatic nitrogens is 1. The fourth-order valence-electron chi connectivity index (χ4n) is 3.06. The number of benzene rings is 1. The fourth-order valence-corrected chi connectivity index (χ4v) is 4.66. The summed E-state index contributed by atoms with van der Waals surface area (Å²) in [5.74, 6) is 0.395. The smallest absolute Gasteiger partial charge is 0.255 e. The van der Waals surface area contributed by atoms with E-state index in [0.29, 0.717) is 16.6 Å². The molecule has 1 fully saturated rings. The topological polar surface area (TPSA) is 59.1 Å². The first-order chi connectivity index (χ1) is 11.7. The van der Waals surface area contributed by atoms with Gasteiger partial charge in [0.15, 0.2) is 0 Å². The van der Waals surface area contributed by atoms with Crippen LogP contribution in [0.3, 0.4) is 0 Å². The molecule has 1 aromatic carbocycles. The van der Waals surface area contributed by atoms with E-state index in [2.05, 4.69) is 10.3 Å². The summed E-state index contributed by atoms with van der Waals surface area (Å²) in [7, 11) is -0.835. The van der Waals surface area contributed by atoms with Crippen molar-refractivity contribution in [1.82, 2.24) is 4.98 Å². The summed E-state index contributed by atoms with van der Waals surface area (Å²) in [6, 6.07) is 11.0. The second-order valence-corrected chi connectivity index (χ2v) is 7.89. The standard InChI is InChI=1S/C19H22N2O2S/c22-19(16-9-11-20-12-10-16)21-17-6-4-5-15(13-17)14-24(23)18-7-2-1-3-8-18/h4-6,9-13,18H,1-3,7-8,14H2,(H,21,22). The molecule has 24 heavy (non-hydrogen) atoms. The first-order valence-corrected chi connectivity index (χ1v) is 9.78. The van der Waals surface area contributed by atoms with E-state index in [9.17, 15) is 9.00 Å². The molecule has 1 N–H and O–H groups in total. The molecule has 3 rings (SSSR count). The Morgan fingerprint density at radius 2 is 1.88 bits per heavy atom. The zero-order valence-electron chi connectivity index (χ0n) is 13.6. The predicted molar refractivity (Wildman–Crippen MR) is 97.4 cm³/mol. The van der Waals surface area contributed by atoms with Crippen LogP contribution in [0.25, 0.3) is 0 Å². The molecule has 1 aromatic heterocycles. The predicted octanol–water partition coefficient (Wildman–Crippen LogP) is 3.92. The number of hydrogen-bond acceptors (Lipinski definition) is 3. The molecule has 1 atom stereocenters. The number of hydrogen-bond donors (Lipinski definition) is 1. The highest BCUT2D eigenvalue weighted by molar-refractivity contribution is 7.84. The Labute approximate surface area is 145 Å². The summed E-state index contributed by atoms with van der Waals surface area (Å²) in [5.41, 5.74) is 2.31. The molecule has 0 bridgehead atoms. The number of carbonyl (C=O) groups is 1. The van der Waals surface area contributed by atoms with Crippen LogP contribution in [0.5, 0.6) is 0 Å². The van der Waals surface area contributed by atoms with Crippen LogP contribution in [0.15, 0.2) is 48.8 Å². The largest absolute Gasteiger partial charge is 0.322 e. The molecule has 0 saturated heterocycles. The number of carbonyl (C=O) groups excluding carboxylic acids is 1. The van der Waals surface area contributed by atoms with Crippen molar-refractivity contribution in [3.05, 3.63) is 59.9 Å². The van der Waals surface area contributed by atoms with E-state index < -0.39 is 10.8 Å². The first-order valence-electron chi connectivity index (χ1n) is 8.40. The first kappa shape index (κ1) is 16.8. The van der Waals surface area contributed by atoms with Crippen molar-refractivity contribution in [1.29, 1.82) is 0 Å². The quantitative estimate of drug-likeness (QED) is 0.896. The summed E-state index contributed by atoms with van der Waals surface area (Å²) >= 11 is 0. The minimum atomic E-state index is -0.835. The lowest BCUT2D eigenvalue weighted by Gasteiger charge is -2.21. The van der Waals surface area contributed by atoms with Crippen molar-refractivity contribution in [2.45, 2.75) is 43.1 Å². The van der Waals surface area contributed by atoms with E-state index in [-0.39, 0.29) is 5.91 Å². The minimum Gasteiger partial charge on any atom is -0.322 e. The van der Waals surface area contributed by atoms with Crippen LogP contribution < -0.4 is 5.32 Å². The van der Waals surface area contributed by atoms with E-state index in [4.69, 9.17) is 0 Å². The maximum atomic E-state index is 12.5. The average Bonchev–Trinajstić information content (AvgIpc) is 2.63. The van der Waals surface area contributed by atoms with Gasteiger partial charge in [-0.05, 0) is 42.7 Å². The van der Waals surface area contributed by atoms with Crippen molar-refractivity contribution in [3.8, 4) is 0 Å². The molecule has 0 radical (unpaired) electrons. The Morgan fingerprint density at radius 1 is 1.12 bits per heavy atom. The van der Waals surface area contributed by atoms with Crippen LogP contribution in [0.1, 0.15) is 48.0 Å². The molecule has 1 aliphatic rings. The lowest BCUT2D eigenvalue weighted by Crippen LogP contribution is -2.20. The molecule has 1 aliphatic carbocycles. The number of amides is 1. The SMILES string of the molecule is O=C(Nc1cccc(CS(=O)C2CCCCC2)c1)c1ccncc1. The van der Waals surface area contributed by atoms with Gasteiger partial charge in [-0.3, -0.25) is 14.0 Å². The Morgan fingerprint density at radius 3 is 2.62 bits per heavy atom. The minimum absolute atomic E-state index is 0.164. The third-order valence-corrected chi connectivity index (χ3v) is 6.19. The summed E-state index contributed by atoms with van der Waals surface area (Å²) in [4.78, 5) is 16.1. The molecule has 5 heteroatoms. The second kappa shape index (κ2) is 8.20. The molecule has 1 unspecified atom stereocenters. The van der Waals surface area contributed by atoms with Crippen molar-refractivity contribution in [3.63, 3.8) is 0 Å². The van der Waals surface area contributed by atoms with E-state index in [1.54, 1.807) is 24.5 Å². The van der Waals surface area contributed by atoms with Gasteiger partial charge in [-0.25, -0.2) is 0 Å². The van der Waals surface area contributed by atoms with Gasteiger partial charge in [0.05, 0.1) is 0 Å². The zero-order chi connectivity index (χ0) is 16.8. The van der Waals surface area contributed by atoms with Crippen LogP contribution in [0.2, 0.25) is 0 Å². The number of nitrogens with one attached hydrogen (secondary N) is 1. The number of pyridine rings is 1. The van der Waals surface area contributed by atoms with Gasteiger partial charge in [-0.15, -0.1) is 0 Å².